The Bertz CT molecular complexity index is 891. The minimum atomic E-state index is -0.655. The number of nitrogens with one attached hydrogen (secondary N) is 1. The summed E-state index contributed by atoms with van der Waals surface area (Å²) >= 11 is 1.89. The van der Waals surface area contributed by atoms with E-state index in [0.717, 1.165) is 34.3 Å². The van der Waals surface area contributed by atoms with E-state index in [2.05, 4.69) is 5.32 Å². The van der Waals surface area contributed by atoms with Gasteiger partial charge in [-0.1, -0.05) is 6.07 Å². The molecule has 2 saturated heterocycles. The second kappa shape index (κ2) is 7.80. The number of hydrogen-bond donors (Lipinski definition) is 1. The van der Waals surface area contributed by atoms with Crippen LogP contribution in [0.25, 0.3) is 0 Å². The number of ether oxygens (including phenoxy) is 4. The summed E-state index contributed by atoms with van der Waals surface area (Å²) in [6.07, 6.45) is 1.55. The van der Waals surface area contributed by atoms with Crippen molar-refractivity contribution in [1.82, 2.24) is 0 Å². The van der Waals surface area contributed by atoms with Gasteiger partial charge < -0.3 is 24.3 Å². The molecule has 0 aliphatic carbocycles. The van der Waals surface area contributed by atoms with Gasteiger partial charge in [-0.05, 0) is 54.8 Å². The van der Waals surface area contributed by atoms with Crippen LogP contribution >= 0.6 is 11.8 Å². The molecule has 0 unspecified atom stereocenters. The van der Waals surface area contributed by atoms with Crippen molar-refractivity contribution in [2.24, 2.45) is 0 Å². The van der Waals surface area contributed by atoms with Crippen molar-refractivity contribution < 1.29 is 23.7 Å². The third-order valence-electron chi connectivity index (χ3n) is 5.73. The molecule has 6 nitrogen and oxygen atoms in total. The Morgan fingerprint density at radius 2 is 1.79 bits per heavy atom. The number of rotatable bonds is 5. The van der Waals surface area contributed by atoms with E-state index in [0.29, 0.717) is 37.9 Å². The van der Waals surface area contributed by atoms with E-state index in [-0.39, 0.29) is 12.7 Å². The topological polar surface area (TPSA) is 66.0 Å². The molecule has 1 N–H and O–H groups in total. The maximum atomic E-state index is 13.4. The highest BCUT2D eigenvalue weighted by Gasteiger charge is 2.42. The van der Waals surface area contributed by atoms with Crippen LogP contribution in [0.15, 0.2) is 42.5 Å². The third-order valence-corrected chi connectivity index (χ3v) is 6.94. The van der Waals surface area contributed by atoms with Crippen molar-refractivity contribution in [2.75, 3.05) is 36.8 Å². The Balaban J connectivity index is 1.36. The number of thioether (sulfide) groups is 1. The molecule has 7 heteroatoms. The molecule has 2 fully saturated rings. The molecule has 3 aliphatic rings. The molecule has 3 aliphatic heterocycles. The standard InChI is InChI=1S/C22H23NO5S/c24-21(23-16-2-4-17(5-3-16)28-18-12-29-13-18)22(7-9-25-10-8-22)15-1-6-19-20(11-15)27-14-26-19/h1-6,11,18H,7-10,12-14H2,(H,23,24). The first-order chi connectivity index (χ1) is 14.2. The van der Waals surface area contributed by atoms with Crippen LogP contribution in [0.3, 0.4) is 0 Å². The van der Waals surface area contributed by atoms with E-state index in [1.807, 2.05) is 54.2 Å². The lowest BCUT2D eigenvalue weighted by molar-refractivity contribution is -0.125. The minimum Gasteiger partial charge on any atom is -0.489 e. The molecule has 0 bridgehead atoms. The molecule has 152 valence electrons. The summed E-state index contributed by atoms with van der Waals surface area (Å²) in [6.45, 7) is 1.32. The first-order valence-corrected chi connectivity index (χ1v) is 11.0. The maximum Gasteiger partial charge on any atom is 0.235 e. The number of carbonyl (C=O) groups excluding carboxylic acids is 1. The van der Waals surface area contributed by atoms with Gasteiger partial charge in [0.1, 0.15) is 11.9 Å². The molecule has 2 aromatic carbocycles. The fourth-order valence-corrected chi connectivity index (χ4v) is 4.47. The molecule has 0 atom stereocenters. The van der Waals surface area contributed by atoms with E-state index in [1.165, 1.54) is 0 Å². The smallest absolute Gasteiger partial charge is 0.235 e. The molecule has 3 heterocycles. The van der Waals surface area contributed by atoms with Gasteiger partial charge in [-0.25, -0.2) is 0 Å². The van der Waals surface area contributed by atoms with Crippen LogP contribution in [0.1, 0.15) is 18.4 Å². The van der Waals surface area contributed by atoms with Gasteiger partial charge >= 0.3 is 0 Å². The van der Waals surface area contributed by atoms with Gasteiger partial charge in [0.15, 0.2) is 11.5 Å². The summed E-state index contributed by atoms with van der Waals surface area (Å²) in [7, 11) is 0. The number of fused-ring (bicyclic) bond motifs is 1. The highest BCUT2D eigenvalue weighted by molar-refractivity contribution is 8.00. The first kappa shape index (κ1) is 18.6. The highest BCUT2D eigenvalue weighted by atomic mass is 32.2. The lowest BCUT2D eigenvalue weighted by Crippen LogP contribution is -2.44. The van der Waals surface area contributed by atoms with Crippen molar-refractivity contribution in [3.05, 3.63) is 48.0 Å². The molecule has 0 saturated carbocycles. The van der Waals surface area contributed by atoms with E-state index < -0.39 is 5.41 Å². The summed E-state index contributed by atoms with van der Waals surface area (Å²) in [5.74, 6) is 4.30. The number of hydrogen-bond acceptors (Lipinski definition) is 6. The van der Waals surface area contributed by atoms with Gasteiger partial charge in [0.05, 0.1) is 5.41 Å². The Hall–Kier alpha value is -2.38. The second-order valence-electron chi connectivity index (χ2n) is 7.52. The van der Waals surface area contributed by atoms with Gasteiger partial charge in [-0.3, -0.25) is 4.79 Å². The van der Waals surface area contributed by atoms with Crippen LogP contribution < -0.4 is 19.5 Å². The van der Waals surface area contributed by atoms with Crippen LogP contribution in [0, 0.1) is 0 Å². The van der Waals surface area contributed by atoms with E-state index in [9.17, 15) is 4.79 Å². The van der Waals surface area contributed by atoms with Crippen LogP contribution in [-0.2, 0) is 14.9 Å². The van der Waals surface area contributed by atoms with Crippen molar-refractivity contribution in [3.63, 3.8) is 0 Å². The number of carbonyl (C=O) groups is 1. The van der Waals surface area contributed by atoms with E-state index in [1.54, 1.807) is 0 Å². The lowest BCUT2D eigenvalue weighted by Gasteiger charge is -2.36. The largest absolute Gasteiger partial charge is 0.489 e. The second-order valence-corrected chi connectivity index (χ2v) is 8.59. The fourth-order valence-electron chi connectivity index (χ4n) is 3.90. The summed E-state index contributed by atoms with van der Waals surface area (Å²) in [5, 5.41) is 3.10. The van der Waals surface area contributed by atoms with Crippen molar-refractivity contribution in [3.8, 4) is 17.2 Å². The third kappa shape index (κ3) is 3.65. The zero-order chi connectivity index (χ0) is 19.7. The van der Waals surface area contributed by atoms with Crippen LogP contribution in [0.4, 0.5) is 5.69 Å². The molecule has 0 aromatic heterocycles. The first-order valence-electron chi connectivity index (χ1n) is 9.87. The molecule has 0 spiro atoms. The Morgan fingerprint density at radius 1 is 1.03 bits per heavy atom. The fraction of sp³-hybridized carbons (Fsp3) is 0.409. The number of amides is 1. The molecular weight excluding hydrogens is 390 g/mol. The van der Waals surface area contributed by atoms with E-state index >= 15 is 0 Å². The van der Waals surface area contributed by atoms with E-state index in [4.69, 9.17) is 18.9 Å². The predicted molar refractivity (Wildman–Crippen MR) is 111 cm³/mol. The predicted octanol–water partition coefficient (Wildman–Crippen LogP) is 3.60. The maximum absolute atomic E-state index is 13.4. The summed E-state index contributed by atoms with van der Waals surface area (Å²) < 4.78 is 22.4. The Morgan fingerprint density at radius 3 is 2.52 bits per heavy atom. The van der Waals surface area contributed by atoms with Gasteiger partial charge in [0.25, 0.3) is 0 Å². The molecule has 0 radical (unpaired) electrons. The number of anilines is 1. The average molecular weight is 413 g/mol. The summed E-state index contributed by atoms with van der Waals surface area (Å²) in [6, 6.07) is 13.4. The van der Waals surface area contributed by atoms with Crippen molar-refractivity contribution in [2.45, 2.75) is 24.4 Å². The zero-order valence-corrected chi connectivity index (χ0v) is 16.8. The van der Waals surface area contributed by atoms with Crippen LogP contribution in [0.2, 0.25) is 0 Å². The quantitative estimate of drug-likeness (QED) is 0.808. The summed E-state index contributed by atoms with van der Waals surface area (Å²) in [4.78, 5) is 13.4. The van der Waals surface area contributed by atoms with Crippen molar-refractivity contribution >= 4 is 23.4 Å². The average Bonchev–Trinajstić information content (AvgIpc) is 3.20. The molecule has 2 aromatic rings. The normalized spacial score (nSPS) is 20.0. The van der Waals surface area contributed by atoms with Crippen molar-refractivity contribution in [1.29, 1.82) is 0 Å². The van der Waals surface area contributed by atoms with Gasteiger partial charge in [0, 0.05) is 30.4 Å². The highest BCUT2D eigenvalue weighted by Crippen LogP contribution is 2.41. The molecular formula is C22H23NO5S. The molecule has 1 amide bonds. The number of benzene rings is 2. The minimum absolute atomic E-state index is 0.0243. The van der Waals surface area contributed by atoms with Gasteiger partial charge in [-0.2, -0.15) is 11.8 Å². The van der Waals surface area contributed by atoms with Crippen LogP contribution in [-0.4, -0.2) is 43.5 Å². The monoisotopic (exact) mass is 413 g/mol. The molecule has 29 heavy (non-hydrogen) atoms. The van der Waals surface area contributed by atoms with Gasteiger partial charge in [-0.15, -0.1) is 0 Å². The molecule has 5 rings (SSSR count). The Kier molecular flexibility index (Phi) is 5.01. The zero-order valence-electron chi connectivity index (χ0n) is 16.0. The lowest BCUT2D eigenvalue weighted by atomic mass is 9.73. The summed E-state index contributed by atoms with van der Waals surface area (Å²) in [5.41, 5.74) is 1.04. The SMILES string of the molecule is O=C(Nc1ccc(OC2CSC2)cc1)C1(c2ccc3c(c2)OCO3)CCOCC1. The van der Waals surface area contributed by atoms with Crippen LogP contribution in [0.5, 0.6) is 17.2 Å². The Labute approximate surface area is 173 Å². The van der Waals surface area contributed by atoms with Gasteiger partial charge in [0.2, 0.25) is 12.7 Å².